The predicted molar refractivity (Wildman–Crippen MR) is 197 cm³/mol. The van der Waals surface area contributed by atoms with Gasteiger partial charge in [-0.1, -0.05) is 99.1 Å². The van der Waals surface area contributed by atoms with Gasteiger partial charge in [-0.2, -0.15) is 17.9 Å². The molecule has 0 fully saturated rings. The monoisotopic (exact) mass is 765 g/mol. The highest BCUT2D eigenvalue weighted by Gasteiger charge is 2.50. The Morgan fingerprint density at radius 1 is 0.906 bits per heavy atom. The molecule has 6 rings (SSSR count). The molecule has 0 aliphatic carbocycles. The predicted octanol–water partition coefficient (Wildman–Crippen LogP) is 7.99. The van der Waals surface area contributed by atoms with Crippen LogP contribution in [0.3, 0.4) is 0 Å². The zero-order chi connectivity index (χ0) is 38.1. The van der Waals surface area contributed by atoms with Crippen molar-refractivity contribution in [3.05, 3.63) is 124 Å². The molecule has 1 atom stereocenters. The summed E-state index contributed by atoms with van der Waals surface area (Å²) in [6.45, 7) is 9.17. The fourth-order valence-corrected chi connectivity index (χ4v) is 11.0. The van der Waals surface area contributed by atoms with Crippen LogP contribution in [0.2, 0.25) is 10.1 Å². The molecular formula is C38H36ClF4N5O4Si. The highest BCUT2D eigenvalue weighted by molar-refractivity contribution is 6.99. The molecule has 0 amide bonds. The second-order valence-electron chi connectivity index (χ2n) is 13.3. The van der Waals surface area contributed by atoms with Crippen LogP contribution < -0.4 is 25.5 Å². The van der Waals surface area contributed by atoms with Crippen molar-refractivity contribution in [2.45, 2.75) is 65.1 Å². The standard InChI is InChI=1S/C38H36ClF4N5O4Si/c1-6-47-32(22-50-53(37(3,4)5,26-14-9-7-10-15-26)27-16-11-8-12-17-27)46-48(36(47)49)25-20-30-33(31(21-25)51-24(2)38(41,42)43)35(45-23-44-30)52-34-28(39)18-13-19-29(34)40/h7-21,23-24H,6,22H2,1-5H3. The Labute approximate surface area is 308 Å². The lowest BCUT2D eigenvalue weighted by molar-refractivity contribution is -0.189. The number of para-hydroxylation sites is 1. The first-order valence-electron chi connectivity index (χ1n) is 16.7. The van der Waals surface area contributed by atoms with Gasteiger partial charge in [0, 0.05) is 12.6 Å². The lowest BCUT2D eigenvalue weighted by Crippen LogP contribution is -2.66. The first kappa shape index (κ1) is 37.7. The summed E-state index contributed by atoms with van der Waals surface area (Å²) in [5.41, 5.74) is -0.474. The van der Waals surface area contributed by atoms with Crippen LogP contribution in [0.25, 0.3) is 16.6 Å². The third-order valence-corrected chi connectivity index (χ3v) is 14.1. The normalized spacial score (nSPS) is 12.9. The minimum atomic E-state index is -4.76. The largest absolute Gasteiger partial charge is 0.480 e. The topological polar surface area (TPSA) is 93.3 Å². The van der Waals surface area contributed by atoms with Gasteiger partial charge in [-0.15, -0.1) is 5.10 Å². The van der Waals surface area contributed by atoms with Crippen LogP contribution in [0.5, 0.6) is 17.4 Å². The van der Waals surface area contributed by atoms with Gasteiger partial charge >= 0.3 is 11.9 Å². The molecule has 0 spiro atoms. The van der Waals surface area contributed by atoms with Gasteiger partial charge in [0.1, 0.15) is 17.5 Å². The van der Waals surface area contributed by atoms with Gasteiger partial charge in [0.05, 0.1) is 22.8 Å². The molecule has 2 heterocycles. The molecule has 0 radical (unpaired) electrons. The van der Waals surface area contributed by atoms with E-state index in [-0.39, 0.29) is 51.4 Å². The molecule has 53 heavy (non-hydrogen) atoms. The number of fused-ring (bicyclic) bond motifs is 1. The van der Waals surface area contributed by atoms with E-state index in [2.05, 4.69) is 60.1 Å². The van der Waals surface area contributed by atoms with E-state index in [4.69, 9.17) is 25.5 Å². The Balaban J connectivity index is 1.48. The van der Waals surface area contributed by atoms with Gasteiger partial charge in [0.25, 0.3) is 8.32 Å². The number of ether oxygens (including phenoxy) is 2. The fourth-order valence-electron chi connectivity index (χ4n) is 6.30. The molecule has 0 saturated carbocycles. The van der Waals surface area contributed by atoms with Crippen molar-refractivity contribution in [2.24, 2.45) is 0 Å². The third kappa shape index (κ3) is 7.30. The molecule has 4 aromatic carbocycles. The van der Waals surface area contributed by atoms with Crippen molar-refractivity contribution in [1.82, 2.24) is 24.3 Å². The average molecular weight is 766 g/mol. The maximum absolute atomic E-state index is 14.7. The summed E-state index contributed by atoms with van der Waals surface area (Å²) >= 11 is 6.17. The van der Waals surface area contributed by atoms with E-state index in [1.54, 1.807) is 6.92 Å². The molecule has 0 aliphatic rings. The third-order valence-electron chi connectivity index (χ3n) is 8.87. The van der Waals surface area contributed by atoms with Crippen molar-refractivity contribution in [3.63, 3.8) is 0 Å². The fraction of sp³-hybridized carbons (Fsp3) is 0.263. The van der Waals surface area contributed by atoms with Crippen molar-refractivity contribution >= 4 is 41.2 Å². The van der Waals surface area contributed by atoms with Crippen LogP contribution in [0.4, 0.5) is 17.6 Å². The zero-order valence-corrected chi connectivity index (χ0v) is 31.2. The van der Waals surface area contributed by atoms with E-state index in [0.29, 0.717) is 5.82 Å². The Bertz CT molecular complexity index is 2240. The van der Waals surface area contributed by atoms with Crippen LogP contribution in [-0.4, -0.2) is 44.9 Å². The number of nitrogens with zero attached hydrogens (tertiary/aromatic N) is 5. The Morgan fingerprint density at radius 2 is 1.55 bits per heavy atom. The molecular weight excluding hydrogens is 730 g/mol. The first-order chi connectivity index (χ1) is 25.2. The maximum atomic E-state index is 14.7. The van der Waals surface area contributed by atoms with Crippen LogP contribution in [0, 0.1) is 5.82 Å². The van der Waals surface area contributed by atoms with E-state index in [1.165, 1.54) is 28.8 Å². The molecule has 0 bridgehead atoms. The van der Waals surface area contributed by atoms with Crippen molar-refractivity contribution in [1.29, 1.82) is 0 Å². The molecule has 0 N–H and O–H groups in total. The summed E-state index contributed by atoms with van der Waals surface area (Å²) in [5, 5.41) is 6.17. The van der Waals surface area contributed by atoms with Crippen LogP contribution >= 0.6 is 11.6 Å². The van der Waals surface area contributed by atoms with Gasteiger partial charge < -0.3 is 13.9 Å². The number of hydrogen-bond donors (Lipinski definition) is 0. The quantitative estimate of drug-likeness (QED) is 0.0976. The lowest BCUT2D eigenvalue weighted by Gasteiger charge is -2.42. The van der Waals surface area contributed by atoms with Gasteiger partial charge in [0.15, 0.2) is 23.5 Å². The summed E-state index contributed by atoms with van der Waals surface area (Å²) < 4.78 is 77.0. The number of halogens is 5. The summed E-state index contributed by atoms with van der Waals surface area (Å²) in [4.78, 5) is 22.3. The molecule has 15 heteroatoms. The van der Waals surface area contributed by atoms with Crippen molar-refractivity contribution < 1.29 is 31.5 Å². The lowest BCUT2D eigenvalue weighted by atomic mass is 10.2. The van der Waals surface area contributed by atoms with E-state index in [9.17, 15) is 22.4 Å². The van der Waals surface area contributed by atoms with E-state index in [1.807, 2.05) is 36.4 Å². The molecule has 9 nitrogen and oxygen atoms in total. The second kappa shape index (κ2) is 14.8. The second-order valence-corrected chi connectivity index (χ2v) is 18.0. The van der Waals surface area contributed by atoms with Crippen LogP contribution in [0.1, 0.15) is 40.4 Å². The Hall–Kier alpha value is -5.05. The highest BCUT2D eigenvalue weighted by atomic mass is 35.5. The number of aromatic nitrogens is 5. The first-order valence-corrected chi connectivity index (χ1v) is 19.0. The smallest absolute Gasteiger partial charge is 0.425 e. The minimum Gasteiger partial charge on any atom is -0.480 e. The summed E-state index contributed by atoms with van der Waals surface area (Å²) in [6, 6.07) is 26.5. The van der Waals surface area contributed by atoms with Crippen LogP contribution in [0.15, 0.2) is 102 Å². The van der Waals surface area contributed by atoms with Gasteiger partial charge in [-0.3, -0.25) is 4.57 Å². The minimum absolute atomic E-state index is 0.0346. The molecule has 0 saturated heterocycles. The van der Waals surface area contributed by atoms with E-state index in [0.717, 1.165) is 34.4 Å². The number of benzene rings is 4. The van der Waals surface area contributed by atoms with Gasteiger partial charge in [-0.05, 0) is 47.5 Å². The molecule has 2 aromatic heterocycles. The number of alkyl halides is 3. The molecule has 0 aliphatic heterocycles. The average Bonchev–Trinajstić information content (AvgIpc) is 3.44. The SMILES string of the molecule is CCn1c(CO[Si](c2ccccc2)(c2ccccc2)C(C)(C)C)nn(-c2cc(OC(C)C(F)(F)F)c3c(Oc4c(F)cccc4Cl)ncnc3c2)c1=O. The Kier molecular flexibility index (Phi) is 10.5. The van der Waals surface area contributed by atoms with E-state index >= 15 is 0 Å². The number of hydrogen-bond acceptors (Lipinski definition) is 7. The molecule has 6 aromatic rings. The molecule has 276 valence electrons. The van der Waals surface area contributed by atoms with Crippen LogP contribution in [-0.2, 0) is 17.6 Å². The van der Waals surface area contributed by atoms with Crippen molar-refractivity contribution in [2.75, 3.05) is 0 Å². The summed E-state index contributed by atoms with van der Waals surface area (Å²) in [6.07, 6.45) is -5.98. The summed E-state index contributed by atoms with van der Waals surface area (Å²) in [7, 11) is -3.04. The van der Waals surface area contributed by atoms with E-state index < -0.39 is 37.9 Å². The molecule has 1 unspecified atom stereocenters. The van der Waals surface area contributed by atoms with Gasteiger partial charge in [0.2, 0.25) is 5.88 Å². The van der Waals surface area contributed by atoms with Crippen molar-refractivity contribution in [3.8, 4) is 23.1 Å². The van der Waals surface area contributed by atoms with Gasteiger partial charge in [-0.25, -0.2) is 19.2 Å². The Morgan fingerprint density at radius 3 is 2.11 bits per heavy atom. The maximum Gasteiger partial charge on any atom is 0.425 e. The highest BCUT2D eigenvalue weighted by Crippen LogP contribution is 2.40. The number of rotatable bonds is 11. The summed E-state index contributed by atoms with van der Waals surface area (Å²) in [5.74, 6) is -1.61. The zero-order valence-electron chi connectivity index (χ0n) is 29.5.